The molecule has 1 aromatic rings. The number of nitrogens with one attached hydrogen (secondary N) is 1. The molecule has 0 saturated heterocycles. The summed E-state index contributed by atoms with van der Waals surface area (Å²) in [6.45, 7) is 1.98. The van der Waals surface area contributed by atoms with Crippen molar-refractivity contribution in [1.82, 2.24) is 5.32 Å². The summed E-state index contributed by atoms with van der Waals surface area (Å²) in [5.41, 5.74) is 6.99. The van der Waals surface area contributed by atoms with E-state index in [4.69, 9.17) is 5.73 Å². The molecular formula is C14H20N2OS. The predicted octanol–water partition coefficient (Wildman–Crippen LogP) is 2.47. The van der Waals surface area contributed by atoms with E-state index in [1.165, 1.54) is 4.90 Å². The highest BCUT2D eigenvalue weighted by Crippen LogP contribution is 2.23. The van der Waals surface area contributed by atoms with Gasteiger partial charge in [0.15, 0.2) is 0 Å². The Morgan fingerprint density at radius 3 is 3.00 bits per heavy atom. The van der Waals surface area contributed by atoms with Crippen molar-refractivity contribution < 1.29 is 4.79 Å². The Kier molecular flexibility index (Phi) is 4.66. The molecule has 1 atom stereocenters. The summed E-state index contributed by atoms with van der Waals surface area (Å²) >= 11 is 1.71. The lowest BCUT2D eigenvalue weighted by Gasteiger charge is -2.08. The van der Waals surface area contributed by atoms with Crippen molar-refractivity contribution in [2.24, 2.45) is 5.73 Å². The number of carbonyl (C=O) groups is 1. The fraction of sp³-hybridized carbons (Fsp3) is 0.500. The van der Waals surface area contributed by atoms with Crippen molar-refractivity contribution in [3.63, 3.8) is 0 Å². The highest BCUT2D eigenvalue weighted by Gasteiger charge is 2.22. The van der Waals surface area contributed by atoms with E-state index in [1.807, 2.05) is 19.1 Å². The standard InChI is InChI=1S/C14H20N2OS/c1-10(15)11-3-2-4-13(9-11)18-8-7-14(17)16-12-5-6-12/h2-4,9-10,12H,5-8,15H2,1H3,(H,16,17). The van der Waals surface area contributed by atoms with Gasteiger partial charge in [0.05, 0.1) is 0 Å². The molecule has 4 heteroatoms. The molecule has 0 aliphatic heterocycles. The molecule has 1 aliphatic carbocycles. The van der Waals surface area contributed by atoms with Crippen LogP contribution in [0.1, 0.15) is 37.8 Å². The Labute approximate surface area is 113 Å². The van der Waals surface area contributed by atoms with Crippen molar-refractivity contribution in [3.8, 4) is 0 Å². The summed E-state index contributed by atoms with van der Waals surface area (Å²) in [6.07, 6.45) is 2.88. The number of nitrogens with two attached hydrogens (primary N) is 1. The summed E-state index contributed by atoms with van der Waals surface area (Å²) in [6, 6.07) is 8.75. The maximum Gasteiger partial charge on any atom is 0.221 e. The van der Waals surface area contributed by atoms with Crippen molar-refractivity contribution in [1.29, 1.82) is 0 Å². The van der Waals surface area contributed by atoms with Gasteiger partial charge < -0.3 is 11.1 Å². The zero-order valence-electron chi connectivity index (χ0n) is 10.7. The molecule has 2 rings (SSSR count). The van der Waals surface area contributed by atoms with Crippen LogP contribution in [0.5, 0.6) is 0 Å². The summed E-state index contributed by atoms with van der Waals surface area (Å²) in [5, 5.41) is 3.00. The van der Waals surface area contributed by atoms with E-state index in [2.05, 4.69) is 17.4 Å². The van der Waals surface area contributed by atoms with Crippen LogP contribution in [0, 0.1) is 0 Å². The third kappa shape index (κ3) is 4.35. The van der Waals surface area contributed by atoms with Gasteiger partial charge in [-0.1, -0.05) is 12.1 Å². The van der Waals surface area contributed by atoms with E-state index in [0.29, 0.717) is 12.5 Å². The van der Waals surface area contributed by atoms with Crippen LogP contribution >= 0.6 is 11.8 Å². The van der Waals surface area contributed by atoms with Crippen LogP contribution in [-0.2, 0) is 4.79 Å². The Balaban J connectivity index is 1.75. The van der Waals surface area contributed by atoms with Crippen LogP contribution in [0.25, 0.3) is 0 Å². The van der Waals surface area contributed by atoms with Crippen LogP contribution in [-0.4, -0.2) is 17.7 Å². The second-order valence-corrected chi connectivity index (χ2v) is 5.97. The monoisotopic (exact) mass is 264 g/mol. The Bertz CT molecular complexity index is 416. The van der Waals surface area contributed by atoms with Gasteiger partial charge in [0.1, 0.15) is 0 Å². The number of hydrogen-bond donors (Lipinski definition) is 2. The minimum Gasteiger partial charge on any atom is -0.353 e. The first-order chi connectivity index (χ1) is 8.65. The minimum atomic E-state index is 0.0590. The van der Waals surface area contributed by atoms with Gasteiger partial charge in [-0.05, 0) is 37.5 Å². The normalized spacial score (nSPS) is 16.3. The zero-order chi connectivity index (χ0) is 13.0. The molecule has 1 unspecified atom stereocenters. The number of hydrogen-bond acceptors (Lipinski definition) is 3. The lowest BCUT2D eigenvalue weighted by Crippen LogP contribution is -2.25. The van der Waals surface area contributed by atoms with Gasteiger partial charge in [0, 0.05) is 29.2 Å². The van der Waals surface area contributed by atoms with Crippen molar-refractivity contribution >= 4 is 17.7 Å². The van der Waals surface area contributed by atoms with E-state index < -0.39 is 0 Å². The fourth-order valence-electron chi connectivity index (χ4n) is 1.68. The molecule has 1 saturated carbocycles. The van der Waals surface area contributed by atoms with Gasteiger partial charge in [-0.15, -0.1) is 11.8 Å². The summed E-state index contributed by atoms with van der Waals surface area (Å²) in [5.74, 6) is 0.995. The van der Waals surface area contributed by atoms with Gasteiger partial charge in [0.2, 0.25) is 5.91 Å². The smallest absolute Gasteiger partial charge is 0.221 e. The molecule has 1 fully saturated rings. The second kappa shape index (κ2) is 6.25. The van der Waals surface area contributed by atoms with Crippen LogP contribution in [0.2, 0.25) is 0 Å². The van der Waals surface area contributed by atoms with E-state index in [9.17, 15) is 4.79 Å². The highest BCUT2D eigenvalue weighted by molar-refractivity contribution is 7.99. The molecule has 0 heterocycles. The first-order valence-electron chi connectivity index (χ1n) is 6.43. The van der Waals surface area contributed by atoms with Crippen LogP contribution in [0.3, 0.4) is 0 Å². The number of benzene rings is 1. The molecule has 18 heavy (non-hydrogen) atoms. The molecule has 0 bridgehead atoms. The number of carbonyl (C=O) groups excluding carboxylic acids is 1. The molecular weight excluding hydrogens is 244 g/mol. The molecule has 0 radical (unpaired) electrons. The maximum absolute atomic E-state index is 11.5. The van der Waals surface area contributed by atoms with Crippen molar-refractivity contribution in [3.05, 3.63) is 29.8 Å². The SMILES string of the molecule is CC(N)c1cccc(SCCC(=O)NC2CC2)c1. The van der Waals surface area contributed by atoms with E-state index >= 15 is 0 Å². The molecule has 98 valence electrons. The van der Waals surface area contributed by atoms with E-state index in [0.717, 1.165) is 24.2 Å². The lowest BCUT2D eigenvalue weighted by molar-refractivity contribution is -0.120. The van der Waals surface area contributed by atoms with Crippen LogP contribution < -0.4 is 11.1 Å². The van der Waals surface area contributed by atoms with Gasteiger partial charge in [-0.3, -0.25) is 4.79 Å². The van der Waals surface area contributed by atoms with Crippen molar-refractivity contribution in [2.75, 3.05) is 5.75 Å². The van der Waals surface area contributed by atoms with E-state index in [-0.39, 0.29) is 11.9 Å². The third-order valence-electron chi connectivity index (χ3n) is 2.92. The molecule has 3 nitrogen and oxygen atoms in total. The number of thioether (sulfide) groups is 1. The summed E-state index contributed by atoms with van der Waals surface area (Å²) < 4.78 is 0. The predicted molar refractivity (Wildman–Crippen MR) is 75.6 cm³/mol. The van der Waals surface area contributed by atoms with Gasteiger partial charge in [-0.2, -0.15) is 0 Å². The Hall–Kier alpha value is -1.00. The Morgan fingerprint density at radius 1 is 1.56 bits per heavy atom. The molecule has 1 amide bonds. The Morgan fingerprint density at radius 2 is 2.33 bits per heavy atom. The van der Waals surface area contributed by atoms with Gasteiger partial charge in [0.25, 0.3) is 0 Å². The molecule has 1 aromatic carbocycles. The van der Waals surface area contributed by atoms with Crippen molar-refractivity contribution in [2.45, 2.75) is 43.2 Å². The second-order valence-electron chi connectivity index (χ2n) is 4.80. The first kappa shape index (κ1) is 13.4. The topological polar surface area (TPSA) is 55.1 Å². The maximum atomic E-state index is 11.5. The summed E-state index contributed by atoms with van der Waals surface area (Å²) in [7, 11) is 0. The first-order valence-corrected chi connectivity index (χ1v) is 7.41. The average molecular weight is 264 g/mol. The van der Waals surface area contributed by atoms with Crippen LogP contribution in [0.4, 0.5) is 0 Å². The van der Waals surface area contributed by atoms with E-state index in [1.54, 1.807) is 11.8 Å². The van der Waals surface area contributed by atoms with Crippen LogP contribution in [0.15, 0.2) is 29.2 Å². The molecule has 1 aliphatic rings. The lowest BCUT2D eigenvalue weighted by atomic mass is 10.1. The fourth-order valence-corrected chi connectivity index (χ4v) is 2.59. The molecule has 0 aromatic heterocycles. The van der Waals surface area contributed by atoms with Gasteiger partial charge >= 0.3 is 0 Å². The quantitative estimate of drug-likeness (QED) is 0.776. The third-order valence-corrected chi connectivity index (χ3v) is 3.92. The molecule has 3 N–H and O–H groups in total. The zero-order valence-corrected chi connectivity index (χ0v) is 11.5. The highest BCUT2D eigenvalue weighted by atomic mass is 32.2. The average Bonchev–Trinajstić information content (AvgIpc) is 3.13. The minimum absolute atomic E-state index is 0.0590. The number of amides is 1. The number of rotatable bonds is 6. The molecule has 0 spiro atoms. The largest absolute Gasteiger partial charge is 0.353 e. The summed E-state index contributed by atoms with van der Waals surface area (Å²) in [4.78, 5) is 12.7. The van der Waals surface area contributed by atoms with Gasteiger partial charge in [-0.25, -0.2) is 0 Å².